The summed E-state index contributed by atoms with van der Waals surface area (Å²) in [5, 5.41) is 21.4. The topological polar surface area (TPSA) is 112 Å². The minimum atomic E-state index is -0.783. The summed E-state index contributed by atoms with van der Waals surface area (Å²) < 4.78 is 10.5. The molecule has 1 atom stereocenters. The van der Waals surface area contributed by atoms with E-state index in [1.165, 1.54) is 25.0 Å². The molecule has 8 heteroatoms. The van der Waals surface area contributed by atoms with Crippen molar-refractivity contribution >= 4 is 22.6 Å². The Labute approximate surface area is 184 Å². The zero-order chi connectivity index (χ0) is 23.0. The summed E-state index contributed by atoms with van der Waals surface area (Å²) in [6, 6.07) is 9.54. The number of carbonyl (C=O) groups is 2. The van der Waals surface area contributed by atoms with Gasteiger partial charge >= 0.3 is 0 Å². The highest BCUT2D eigenvalue weighted by Gasteiger charge is 2.42. The van der Waals surface area contributed by atoms with Gasteiger partial charge in [-0.3, -0.25) is 9.59 Å². The van der Waals surface area contributed by atoms with Crippen LogP contribution in [0.25, 0.3) is 10.9 Å². The van der Waals surface area contributed by atoms with Gasteiger partial charge in [-0.05, 0) is 54.8 Å². The second-order valence-corrected chi connectivity index (χ2v) is 7.63. The fourth-order valence-electron chi connectivity index (χ4n) is 4.19. The van der Waals surface area contributed by atoms with Crippen LogP contribution in [0.15, 0.2) is 53.9 Å². The Morgan fingerprint density at radius 3 is 2.59 bits per heavy atom. The van der Waals surface area contributed by atoms with E-state index in [1.54, 1.807) is 19.2 Å². The van der Waals surface area contributed by atoms with Crippen LogP contribution >= 0.6 is 0 Å². The first-order chi connectivity index (χ1) is 15.3. The number of hydrogen-bond acceptors (Lipinski definition) is 6. The van der Waals surface area contributed by atoms with E-state index < -0.39 is 23.5 Å². The maximum atomic E-state index is 12.9. The van der Waals surface area contributed by atoms with E-state index in [9.17, 15) is 19.8 Å². The number of benzene rings is 2. The SMILES string of the molecule is COc1ccc2[nH]cc(CCN3C(=O)C(O)=C(C(C)=O)[C@H]3c3ccc(O)c(OC)c3)c2c1. The highest BCUT2D eigenvalue weighted by molar-refractivity contribution is 6.08. The van der Waals surface area contributed by atoms with Gasteiger partial charge in [-0.25, -0.2) is 0 Å². The molecule has 166 valence electrons. The number of aromatic amines is 1. The van der Waals surface area contributed by atoms with Gasteiger partial charge in [0.25, 0.3) is 5.91 Å². The van der Waals surface area contributed by atoms with Gasteiger partial charge in [0.2, 0.25) is 0 Å². The summed E-state index contributed by atoms with van der Waals surface area (Å²) in [7, 11) is 3.02. The van der Waals surface area contributed by atoms with Crippen molar-refractivity contribution in [3.63, 3.8) is 0 Å². The molecule has 1 aliphatic heterocycles. The number of H-pyrrole nitrogens is 1. The third-order valence-corrected chi connectivity index (χ3v) is 5.80. The fourth-order valence-corrected chi connectivity index (χ4v) is 4.19. The van der Waals surface area contributed by atoms with Gasteiger partial charge < -0.3 is 29.6 Å². The zero-order valence-electron chi connectivity index (χ0n) is 18.0. The predicted molar refractivity (Wildman–Crippen MR) is 118 cm³/mol. The maximum Gasteiger partial charge on any atom is 0.290 e. The number of amides is 1. The van der Waals surface area contributed by atoms with E-state index in [4.69, 9.17) is 9.47 Å². The minimum absolute atomic E-state index is 0.0309. The van der Waals surface area contributed by atoms with Crippen LogP contribution in [0.1, 0.15) is 24.1 Å². The summed E-state index contributed by atoms with van der Waals surface area (Å²) in [6.45, 7) is 1.58. The van der Waals surface area contributed by atoms with Crippen LogP contribution in [-0.2, 0) is 16.0 Å². The number of phenols is 1. The predicted octanol–water partition coefficient (Wildman–Crippen LogP) is 3.42. The average molecular weight is 436 g/mol. The van der Waals surface area contributed by atoms with Crippen molar-refractivity contribution in [3.8, 4) is 17.2 Å². The largest absolute Gasteiger partial charge is 0.504 e. The molecule has 32 heavy (non-hydrogen) atoms. The monoisotopic (exact) mass is 436 g/mol. The van der Waals surface area contributed by atoms with E-state index in [-0.39, 0.29) is 23.6 Å². The second-order valence-electron chi connectivity index (χ2n) is 7.63. The molecule has 3 N–H and O–H groups in total. The van der Waals surface area contributed by atoms with E-state index in [2.05, 4.69) is 4.98 Å². The number of nitrogens with one attached hydrogen (secondary N) is 1. The number of hydrogen-bond donors (Lipinski definition) is 3. The zero-order valence-corrected chi connectivity index (χ0v) is 18.0. The van der Waals surface area contributed by atoms with Gasteiger partial charge in [0.1, 0.15) is 5.75 Å². The van der Waals surface area contributed by atoms with Crippen molar-refractivity contribution in [2.24, 2.45) is 0 Å². The summed E-state index contributed by atoms with van der Waals surface area (Å²) in [5.41, 5.74) is 2.51. The lowest BCUT2D eigenvalue weighted by Crippen LogP contribution is -2.32. The number of rotatable bonds is 7. The number of aromatic nitrogens is 1. The first-order valence-corrected chi connectivity index (χ1v) is 10.1. The number of aliphatic hydroxyl groups excluding tert-OH is 1. The molecule has 4 rings (SSSR count). The van der Waals surface area contributed by atoms with Crippen molar-refractivity contribution in [3.05, 3.63) is 65.1 Å². The fraction of sp³-hybridized carbons (Fsp3) is 0.250. The number of aromatic hydroxyl groups is 1. The molecule has 1 amide bonds. The summed E-state index contributed by atoms with van der Waals surface area (Å²) in [6.07, 6.45) is 2.37. The highest BCUT2D eigenvalue weighted by atomic mass is 16.5. The standard InChI is InChI=1S/C24H24N2O6/c1-13(27)21-22(14-4-7-19(28)20(10-14)32-3)26(24(30)23(21)29)9-8-15-12-25-18-6-5-16(31-2)11-17(15)18/h4-7,10-12,22,25,28-29H,8-9H2,1-3H3/t22-/m1/s1. The Morgan fingerprint density at radius 2 is 1.91 bits per heavy atom. The van der Waals surface area contributed by atoms with Gasteiger partial charge in [-0.15, -0.1) is 0 Å². The van der Waals surface area contributed by atoms with Crippen molar-refractivity contribution < 1.29 is 29.3 Å². The summed E-state index contributed by atoms with van der Waals surface area (Å²) in [4.78, 5) is 29.9. The molecule has 2 aromatic carbocycles. The van der Waals surface area contributed by atoms with Gasteiger partial charge in [0.15, 0.2) is 23.0 Å². The molecule has 1 aliphatic rings. The number of methoxy groups -OCH3 is 2. The number of ketones is 1. The van der Waals surface area contributed by atoms with Crippen molar-refractivity contribution in [2.45, 2.75) is 19.4 Å². The normalized spacial score (nSPS) is 16.2. The molecule has 0 aliphatic carbocycles. The Hall–Kier alpha value is -3.94. The number of fused-ring (bicyclic) bond motifs is 1. The first-order valence-electron chi connectivity index (χ1n) is 10.1. The number of phenolic OH excluding ortho intramolecular Hbond substituents is 1. The Balaban J connectivity index is 1.69. The molecule has 1 aromatic heterocycles. The minimum Gasteiger partial charge on any atom is -0.504 e. The molecule has 0 radical (unpaired) electrons. The molecular weight excluding hydrogens is 412 g/mol. The molecule has 0 saturated carbocycles. The molecule has 0 bridgehead atoms. The smallest absolute Gasteiger partial charge is 0.290 e. The van der Waals surface area contributed by atoms with Crippen LogP contribution in [0.5, 0.6) is 17.2 Å². The number of carbonyl (C=O) groups excluding carboxylic acids is 2. The number of Topliss-reactive ketones (excluding diaryl/α,β-unsaturated/α-hetero) is 1. The van der Waals surface area contributed by atoms with Crippen LogP contribution < -0.4 is 9.47 Å². The van der Waals surface area contributed by atoms with E-state index in [0.717, 1.165) is 22.2 Å². The van der Waals surface area contributed by atoms with Crippen LogP contribution in [0.4, 0.5) is 0 Å². The lowest BCUT2D eigenvalue weighted by molar-refractivity contribution is -0.129. The van der Waals surface area contributed by atoms with Crippen molar-refractivity contribution in [1.29, 1.82) is 0 Å². The van der Waals surface area contributed by atoms with E-state index >= 15 is 0 Å². The van der Waals surface area contributed by atoms with Crippen molar-refractivity contribution in [1.82, 2.24) is 9.88 Å². The van der Waals surface area contributed by atoms with Gasteiger partial charge in [0, 0.05) is 23.6 Å². The summed E-state index contributed by atoms with van der Waals surface area (Å²) in [5.74, 6) is -0.666. The Morgan fingerprint density at radius 1 is 1.12 bits per heavy atom. The molecule has 0 saturated heterocycles. The highest BCUT2D eigenvalue weighted by Crippen LogP contribution is 2.40. The van der Waals surface area contributed by atoms with Gasteiger partial charge in [0.05, 0.1) is 25.8 Å². The molecule has 3 aromatic rings. The van der Waals surface area contributed by atoms with E-state index in [1.807, 2.05) is 24.4 Å². The molecule has 0 fully saturated rings. The lowest BCUT2D eigenvalue weighted by Gasteiger charge is -2.27. The third kappa shape index (κ3) is 3.53. The van der Waals surface area contributed by atoms with E-state index in [0.29, 0.717) is 12.0 Å². The van der Waals surface area contributed by atoms with Crippen molar-refractivity contribution in [2.75, 3.05) is 20.8 Å². The van der Waals surface area contributed by atoms with Gasteiger partial charge in [-0.2, -0.15) is 0 Å². The number of ether oxygens (including phenoxy) is 2. The molecule has 0 spiro atoms. The molecule has 8 nitrogen and oxygen atoms in total. The molecule has 0 unspecified atom stereocenters. The lowest BCUT2D eigenvalue weighted by atomic mass is 9.96. The Kier molecular flexibility index (Phi) is 5.52. The number of nitrogens with zero attached hydrogens (tertiary/aromatic N) is 1. The molecular formula is C24H24N2O6. The van der Waals surface area contributed by atoms with Crippen LogP contribution in [0.3, 0.4) is 0 Å². The third-order valence-electron chi connectivity index (χ3n) is 5.80. The first kappa shape index (κ1) is 21.3. The van der Waals surface area contributed by atoms with Crippen LogP contribution in [-0.4, -0.2) is 52.6 Å². The quantitative estimate of drug-likeness (QED) is 0.523. The van der Waals surface area contributed by atoms with Gasteiger partial charge in [-0.1, -0.05) is 6.07 Å². The van der Waals surface area contributed by atoms with Crippen LogP contribution in [0, 0.1) is 0 Å². The van der Waals surface area contributed by atoms with Crippen LogP contribution in [0.2, 0.25) is 0 Å². The number of aliphatic hydroxyl groups is 1. The summed E-state index contributed by atoms with van der Waals surface area (Å²) >= 11 is 0. The second kappa shape index (κ2) is 8.30. The molecule has 2 heterocycles. The Bertz CT molecular complexity index is 1240. The average Bonchev–Trinajstić information content (AvgIpc) is 3.30. The maximum absolute atomic E-state index is 12.9.